The topological polar surface area (TPSA) is 60.7 Å². The number of carbonyl (C=O) groups excluding carboxylic acids is 1. The van der Waals surface area contributed by atoms with Gasteiger partial charge in [-0.25, -0.2) is 4.79 Å². The first kappa shape index (κ1) is 19.1. The molecule has 8 heteroatoms. The number of hydrogen-bond acceptors (Lipinski definition) is 4. The van der Waals surface area contributed by atoms with Crippen molar-refractivity contribution in [2.45, 2.75) is 45.6 Å². The fraction of sp³-hybridized carbons (Fsp3) is 0.471. The first-order valence-electron chi connectivity index (χ1n) is 7.53. The van der Waals surface area contributed by atoms with E-state index in [-0.39, 0.29) is 16.7 Å². The molecule has 0 unspecified atom stereocenters. The van der Waals surface area contributed by atoms with E-state index in [1.165, 1.54) is 25.4 Å². The Labute approximate surface area is 142 Å². The highest BCUT2D eigenvalue weighted by atomic mass is 19.4. The van der Waals surface area contributed by atoms with E-state index in [4.69, 9.17) is 9.47 Å². The normalized spacial score (nSPS) is 13.8. The fourth-order valence-corrected chi connectivity index (χ4v) is 2.61. The molecule has 1 atom stereocenters. The molecule has 0 fully saturated rings. The monoisotopic (exact) mass is 359 g/mol. The largest absolute Gasteiger partial charge is 0.496 e. The standard InChI is InChI=1S/C17H20F3NO4/c1-9-8-11(24-5)12(14(22)17(18,19)20)10-6-7-21(13(9)10)15(23)25-16(2,3)4/h6-8,14,22H,1-5H3/t14-/m1/s1. The molecule has 1 heterocycles. The van der Waals surface area contributed by atoms with Gasteiger partial charge < -0.3 is 14.6 Å². The van der Waals surface area contributed by atoms with Crippen LogP contribution in [0.25, 0.3) is 10.9 Å². The van der Waals surface area contributed by atoms with Crippen LogP contribution >= 0.6 is 0 Å². The second kappa shape index (κ2) is 6.25. The van der Waals surface area contributed by atoms with Gasteiger partial charge in [0.05, 0.1) is 12.6 Å². The van der Waals surface area contributed by atoms with Crippen molar-refractivity contribution in [3.63, 3.8) is 0 Å². The number of fused-ring (bicyclic) bond motifs is 1. The first-order valence-corrected chi connectivity index (χ1v) is 7.53. The third kappa shape index (κ3) is 3.73. The van der Waals surface area contributed by atoms with Crippen LogP contribution in [0.4, 0.5) is 18.0 Å². The van der Waals surface area contributed by atoms with Crippen molar-refractivity contribution in [3.8, 4) is 5.75 Å². The number of alkyl halides is 3. The molecule has 0 saturated heterocycles. The van der Waals surface area contributed by atoms with Gasteiger partial charge in [0.2, 0.25) is 0 Å². The Bertz CT molecular complexity index is 803. The van der Waals surface area contributed by atoms with Gasteiger partial charge in [-0.3, -0.25) is 4.57 Å². The number of ether oxygens (including phenoxy) is 2. The molecule has 138 valence electrons. The van der Waals surface area contributed by atoms with Gasteiger partial charge in [-0.1, -0.05) is 0 Å². The lowest BCUT2D eigenvalue weighted by Gasteiger charge is -2.21. The van der Waals surface area contributed by atoms with Crippen molar-refractivity contribution >= 4 is 17.0 Å². The summed E-state index contributed by atoms with van der Waals surface area (Å²) in [7, 11) is 1.22. The smallest absolute Gasteiger partial charge is 0.419 e. The minimum atomic E-state index is -4.87. The average molecular weight is 359 g/mol. The highest BCUT2D eigenvalue weighted by molar-refractivity contribution is 5.95. The summed E-state index contributed by atoms with van der Waals surface area (Å²) >= 11 is 0. The minimum Gasteiger partial charge on any atom is -0.496 e. The molecule has 2 rings (SSSR count). The second-order valence-corrected chi connectivity index (χ2v) is 6.68. The molecule has 2 aromatic rings. The first-order chi connectivity index (χ1) is 11.4. The van der Waals surface area contributed by atoms with Crippen LogP contribution in [0.2, 0.25) is 0 Å². The average Bonchev–Trinajstić information content (AvgIpc) is 2.89. The number of aliphatic hydroxyl groups excluding tert-OH is 1. The van der Waals surface area contributed by atoms with Crippen molar-refractivity contribution in [2.75, 3.05) is 7.11 Å². The summed E-state index contributed by atoms with van der Waals surface area (Å²) in [6.45, 7) is 6.69. The number of benzene rings is 1. The maximum absolute atomic E-state index is 13.1. The molecule has 0 bridgehead atoms. The summed E-state index contributed by atoms with van der Waals surface area (Å²) in [5.41, 5.74) is -0.449. The van der Waals surface area contributed by atoms with Gasteiger partial charge in [-0.15, -0.1) is 0 Å². The number of methoxy groups -OCH3 is 1. The van der Waals surface area contributed by atoms with Crippen LogP contribution in [0, 0.1) is 6.92 Å². The predicted molar refractivity (Wildman–Crippen MR) is 85.9 cm³/mol. The number of aromatic nitrogens is 1. The van der Waals surface area contributed by atoms with Gasteiger partial charge in [0.1, 0.15) is 11.4 Å². The zero-order chi connectivity index (χ0) is 19.2. The highest BCUT2D eigenvalue weighted by Crippen LogP contribution is 2.42. The number of aliphatic hydroxyl groups is 1. The van der Waals surface area contributed by atoms with Crippen LogP contribution in [-0.4, -0.2) is 34.7 Å². The molecule has 0 aliphatic carbocycles. The van der Waals surface area contributed by atoms with Crippen LogP contribution in [0.1, 0.15) is 38.0 Å². The second-order valence-electron chi connectivity index (χ2n) is 6.68. The maximum Gasteiger partial charge on any atom is 0.419 e. The van der Waals surface area contributed by atoms with Crippen molar-refractivity contribution in [1.29, 1.82) is 0 Å². The molecule has 0 saturated carbocycles. The van der Waals surface area contributed by atoms with Crippen LogP contribution in [0.15, 0.2) is 18.3 Å². The Kier molecular flexibility index (Phi) is 4.78. The number of rotatable bonds is 2. The number of aryl methyl sites for hydroxylation is 1. The van der Waals surface area contributed by atoms with E-state index in [1.807, 2.05) is 0 Å². The van der Waals surface area contributed by atoms with Crippen molar-refractivity contribution in [2.24, 2.45) is 0 Å². The third-order valence-corrected chi connectivity index (χ3v) is 3.56. The Balaban J connectivity index is 2.71. The fourth-order valence-electron chi connectivity index (χ4n) is 2.61. The molecule has 0 aliphatic rings. The number of carbonyl (C=O) groups is 1. The van der Waals surface area contributed by atoms with Crippen molar-refractivity contribution in [1.82, 2.24) is 4.57 Å². The van der Waals surface area contributed by atoms with E-state index in [0.717, 1.165) is 4.57 Å². The molecule has 0 aliphatic heterocycles. The summed E-state index contributed by atoms with van der Waals surface area (Å²) in [4.78, 5) is 12.3. The lowest BCUT2D eigenvalue weighted by molar-refractivity contribution is -0.206. The van der Waals surface area contributed by atoms with E-state index in [0.29, 0.717) is 5.56 Å². The van der Waals surface area contributed by atoms with Gasteiger partial charge in [0.25, 0.3) is 0 Å². The van der Waals surface area contributed by atoms with E-state index in [1.54, 1.807) is 27.7 Å². The number of hydrogen-bond donors (Lipinski definition) is 1. The van der Waals surface area contributed by atoms with Crippen LogP contribution in [-0.2, 0) is 4.74 Å². The molecule has 0 spiro atoms. The summed E-state index contributed by atoms with van der Waals surface area (Å²) in [5.74, 6) is -0.100. The van der Waals surface area contributed by atoms with Crippen molar-refractivity contribution < 1.29 is 32.5 Å². The molecular weight excluding hydrogens is 339 g/mol. The van der Waals surface area contributed by atoms with E-state index in [2.05, 4.69) is 0 Å². The van der Waals surface area contributed by atoms with Crippen LogP contribution < -0.4 is 4.74 Å². The summed E-state index contributed by atoms with van der Waals surface area (Å²) in [5, 5.41) is 9.84. The van der Waals surface area contributed by atoms with E-state index < -0.39 is 29.5 Å². The Morgan fingerprint density at radius 1 is 1.28 bits per heavy atom. The number of halogens is 3. The quantitative estimate of drug-likeness (QED) is 0.867. The highest BCUT2D eigenvalue weighted by Gasteiger charge is 2.42. The predicted octanol–water partition coefficient (Wildman–Crippen LogP) is 4.34. The molecule has 25 heavy (non-hydrogen) atoms. The molecule has 1 aromatic carbocycles. The maximum atomic E-state index is 13.1. The van der Waals surface area contributed by atoms with Gasteiger partial charge in [0, 0.05) is 17.1 Å². The molecule has 0 radical (unpaired) electrons. The minimum absolute atomic E-state index is 0.0764. The molecular formula is C17H20F3NO4. The van der Waals surface area contributed by atoms with E-state index >= 15 is 0 Å². The summed E-state index contributed by atoms with van der Waals surface area (Å²) in [6, 6.07) is 2.69. The van der Waals surface area contributed by atoms with Gasteiger partial charge >= 0.3 is 12.3 Å². The summed E-state index contributed by atoms with van der Waals surface area (Å²) in [6.07, 6.45) is -7.01. The van der Waals surface area contributed by atoms with Gasteiger partial charge in [-0.05, 0) is 45.4 Å². The molecule has 1 N–H and O–H groups in total. The van der Waals surface area contributed by atoms with Crippen molar-refractivity contribution in [3.05, 3.63) is 29.5 Å². The lowest BCUT2D eigenvalue weighted by atomic mass is 10.00. The SMILES string of the molecule is COc1cc(C)c2c(ccn2C(=O)OC(C)(C)C)c1[C@@H](O)C(F)(F)F. The Morgan fingerprint density at radius 3 is 2.36 bits per heavy atom. The lowest BCUT2D eigenvalue weighted by Crippen LogP contribution is -2.27. The van der Waals surface area contributed by atoms with E-state index in [9.17, 15) is 23.1 Å². The summed E-state index contributed by atoms with van der Waals surface area (Å²) < 4.78 is 50.6. The van der Waals surface area contributed by atoms with Gasteiger partial charge in [0.15, 0.2) is 6.10 Å². The number of nitrogens with zero attached hydrogens (tertiary/aromatic N) is 1. The molecule has 1 aromatic heterocycles. The third-order valence-electron chi connectivity index (χ3n) is 3.56. The molecule has 5 nitrogen and oxygen atoms in total. The zero-order valence-corrected chi connectivity index (χ0v) is 14.6. The van der Waals surface area contributed by atoms with Gasteiger partial charge in [-0.2, -0.15) is 13.2 Å². The zero-order valence-electron chi connectivity index (χ0n) is 14.6. The van der Waals surface area contributed by atoms with Crippen LogP contribution in [0.5, 0.6) is 5.75 Å². The molecule has 0 amide bonds. The Morgan fingerprint density at radius 2 is 1.88 bits per heavy atom. The van der Waals surface area contributed by atoms with Crippen LogP contribution in [0.3, 0.4) is 0 Å². The Hall–Kier alpha value is -2.22.